The number of benzene rings is 1. The smallest absolute Gasteiger partial charge is 0.481 e. The Bertz CT molecular complexity index is 1100. The number of halogens is 5. The molecule has 0 aliphatic rings. The maximum Gasteiger partial charge on any atom is 0.573 e. The van der Waals surface area contributed by atoms with E-state index in [0.29, 0.717) is 11.1 Å². The van der Waals surface area contributed by atoms with Gasteiger partial charge in [0.2, 0.25) is 6.41 Å². The van der Waals surface area contributed by atoms with E-state index in [0.717, 1.165) is 18.2 Å². The number of hydrogen-bond acceptors (Lipinski definition) is 4. The second-order valence-electron chi connectivity index (χ2n) is 6.18. The van der Waals surface area contributed by atoms with E-state index in [2.05, 4.69) is 15.5 Å². The summed E-state index contributed by atoms with van der Waals surface area (Å²) in [6.45, 7) is 1.63. The molecule has 12 heteroatoms. The Kier molecular flexibility index (Phi) is 6.83. The van der Waals surface area contributed by atoms with E-state index in [4.69, 9.17) is 9.90 Å². The van der Waals surface area contributed by atoms with Gasteiger partial charge >= 0.3 is 12.3 Å². The fourth-order valence-electron chi connectivity index (χ4n) is 2.85. The van der Waals surface area contributed by atoms with Crippen LogP contribution in [0.1, 0.15) is 17.8 Å². The molecule has 2 heterocycles. The van der Waals surface area contributed by atoms with Crippen molar-refractivity contribution >= 4 is 23.3 Å². The summed E-state index contributed by atoms with van der Waals surface area (Å²) < 4.78 is 70.9. The first-order chi connectivity index (χ1) is 14.4. The van der Waals surface area contributed by atoms with Crippen LogP contribution in [0.25, 0.3) is 16.7 Å². The highest BCUT2D eigenvalue weighted by Gasteiger charge is 2.36. The SMILES string of the molecule is Cc1cc2ccc(OC(F)(F)F)cc2n1-c1cccc(C(F)(F)CC(=O)O)n1.NC=O. The maximum atomic E-state index is 14.1. The quantitative estimate of drug-likeness (QED) is 0.458. The lowest BCUT2D eigenvalue weighted by atomic mass is 10.1. The largest absolute Gasteiger partial charge is 0.573 e. The minimum absolute atomic E-state index is 0.0132. The highest BCUT2D eigenvalue weighted by atomic mass is 19.4. The minimum atomic E-state index is -4.88. The Morgan fingerprint density at radius 3 is 2.42 bits per heavy atom. The third-order valence-electron chi connectivity index (χ3n) is 3.90. The van der Waals surface area contributed by atoms with Crippen molar-refractivity contribution in [2.75, 3.05) is 0 Å². The fraction of sp³-hybridized carbons (Fsp3) is 0.211. The molecular weight excluding hydrogens is 429 g/mol. The lowest BCUT2D eigenvalue weighted by Gasteiger charge is -2.16. The summed E-state index contributed by atoms with van der Waals surface area (Å²) in [5.74, 6) is -5.84. The number of pyridine rings is 1. The van der Waals surface area contributed by atoms with Crippen molar-refractivity contribution in [1.82, 2.24) is 9.55 Å². The molecule has 0 fully saturated rings. The Hall–Kier alpha value is -3.70. The van der Waals surface area contributed by atoms with Crippen molar-refractivity contribution in [1.29, 1.82) is 0 Å². The second-order valence-corrected chi connectivity index (χ2v) is 6.18. The number of fused-ring (bicyclic) bond motifs is 1. The van der Waals surface area contributed by atoms with E-state index in [-0.39, 0.29) is 17.7 Å². The van der Waals surface area contributed by atoms with Gasteiger partial charge in [0.1, 0.15) is 23.7 Å². The monoisotopic (exact) mass is 445 g/mol. The Labute approximate surface area is 171 Å². The van der Waals surface area contributed by atoms with Gasteiger partial charge in [-0.05, 0) is 37.3 Å². The first-order valence-corrected chi connectivity index (χ1v) is 8.48. The first kappa shape index (κ1) is 23.6. The van der Waals surface area contributed by atoms with Gasteiger partial charge < -0.3 is 15.6 Å². The lowest BCUT2D eigenvalue weighted by molar-refractivity contribution is -0.274. The molecule has 3 aromatic rings. The number of carboxylic acid groups (broad SMARTS) is 1. The summed E-state index contributed by atoms with van der Waals surface area (Å²) in [4.78, 5) is 23.1. The molecule has 0 aliphatic heterocycles. The summed E-state index contributed by atoms with van der Waals surface area (Å²) in [6, 6.07) is 8.98. The summed E-state index contributed by atoms with van der Waals surface area (Å²) in [5, 5.41) is 9.21. The molecule has 166 valence electrons. The van der Waals surface area contributed by atoms with Crippen LogP contribution in [0.5, 0.6) is 5.75 Å². The minimum Gasteiger partial charge on any atom is -0.481 e. The molecule has 0 unspecified atom stereocenters. The summed E-state index contributed by atoms with van der Waals surface area (Å²) in [5.41, 5.74) is 4.21. The van der Waals surface area contributed by atoms with Crippen LogP contribution in [-0.2, 0) is 15.5 Å². The van der Waals surface area contributed by atoms with E-state index < -0.39 is 36.1 Å². The number of aromatic nitrogens is 2. The molecule has 3 rings (SSSR count). The van der Waals surface area contributed by atoms with Gasteiger partial charge in [-0.2, -0.15) is 8.78 Å². The molecule has 0 atom stereocenters. The van der Waals surface area contributed by atoms with Gasteiger partial charge in [-0.1, -0.05) is 6.07 Å². The molecule has 0 radical (unpaired) electrons. The highest BCUT2D eigenvalue weighted by Crippen LogP contribution is 2.33. The normalized spacial score (nSPS) is 11.5. The van der Waals surface area contributed by atoms with Crippen molar-refractivity contribution in [3.05, 3.63) is 53.9 Å². The molecule has 0 saturated carbocycles. The molecule has 0 aliphatic carbocycles. The number of primary amides is 1. The van der Waals surface area contributed by atoms with Gasteiger partial charge in [0.15, 0.2) is 0 Å². The second kappa shape index (κ2) is 8.98. The number of carbonyl (C=O) groups excluding carboxylic acids is 1. The maximum absolute atomic E-state index is 14.1. The molecule has 7 nitrogen and oxygen atoms in total. The van der Waals surface area contributed by atoms with Crippen LogP contribution in [0.15, 0.2) is 42.5 Å². The van der Waals surface area contributed by atoms with E-state index in [1.54, 1.807) is 13.0 Å². The van der Waals surface area contributed by atoms with E-state index in [9.17, 15) is 26.7 Å². The van der Waals surface area contributed by atoms with Crippen molar-refractivity contribution < 1.29 is 41.4 Å². The first-order valence-electron chi connectivity index (χ1n) is 8.48. The van der Waals surface area contributed by atoms with E-state index in [1.807, 2.05) is 0 Å². The number of carboxylic acids is 1. The Morgan fingerprint density at radius 1 is 1.19 bits per heavy atom. The summed E-state index contributed by atoms with van der Waals surface area (Å²) >= 11 is 0. The standard InChI is InChI=1S/C18H13F5N2O3.CH3NO/c1-10-7-11-5-6-12(28-18(21,22)23)8-13(11)25(10)15-4-2-3-14(24-15)17(19,20)9-16(26)27;2-1-3/h2-8H,9H2,1H3,(H,26,27);1H,(H2,2,3). The molecule has 0 saturated heterocycles. The fourth-order valence-corrected chi connectivity index (χ4v) is 2.85. The number of amides is 1. The number of aliphatic carboxylic acids is 1. The number of carbonyl (C=O) groups is 2. The highest BCUT2D eigenvalue weighted by molar-refractivity contribution is 5.84. The molecule has 1 aromatic carbocycles. The van der Waals surface area contributed by atoms with Gasteiger partial charge in [-0.25, -0.2) is 4.98 Å². The van der Waals surface area contributed by atoms with Crippen LogP contribution in [0.2, 0.25) is 0 Å². The number of aryl methyl sites for hydroxylation is 1. The molecule has 31 heavy (non-hydrogen) atoms. The van der Waals surface area contributed by atoms with Crippen LogP contribution in [0, 0.1) is 6.92 Å². The van der Waals surface area contributed by atoms with Crippen LogP contribution in [0.4, 0.5) is 22.0 Å². The third-order valence-corrected chi connectivity index (χ3v) is 3.90. The average molecular weight is 445 g/mol. The predicted molar refractivity (Wildman–Crippen MR) is 98.9 cm³/mol. The van der Waals surface area contributed by atoms with Crippen LogP contribution in [0.3, 0.4) is 0 Å². The van der Waals surface area contributed by atoms with Crippen molar-refractivity contribution in [3.8, 4) is 11.6 Å². The molecule has 3 N–H and O–H groups in total. The van der Waals surface area contributed by atoms with Gasteiger partial charge in [0.25, 0.3) is 5.92 Å². The number of nitrogens with two attached hydrogens (primary N) is 1. The Balaban J connectivity index is 0.00000107. The molecular formula is C19H16F5N3O4. The molecule has 2 aromatic heterocycles. The number of alkyl halides is 5. The van der Waals surface area contributed by atoms with E-state index in [1.165, 1.54) is 22.8 Å². The van der Waals surface area contributed by atoms with Crippen LogP contribution in [-0.4, -0.2) is 33.4 Å². The summed E-state index contributed by atoms with van der Waals surface area (Å²) in [6.07, 6.45) is -6.06. The Morgan fingerprint density at radius 2 is 1.84 bits per heavy atom. The van der Waals surface area contributed by atoms with Crippen molar-refractivity contribution in [3.63, 3.8) is 0 Å². The topological polar surface area (TPSA) is 107 Å². The number of nitrogens with zero attached hydrogens (tertiary/aromatic N) is 2. The lowest BCUT2D eigenvalue weighted by Crippen LogP contribution is -2.20. The number of ether oxygens (including phenoxy) is 1. The van der Waals surface area contributed by atoms with Gasteiger partial charge in [-0.3, -0.25) is 14.2 Å². The predicted octanol–water partition coefficient (Wildman–Crippen LogP) is 3.90. The summed E-state index contributed by atoms with van der Waals surface area (Å²) in [7, 11) is 0. The van der Waals surface area contributed by atoms with Crippen molar-refractivity contribution in [2.45, 2.75) is 25.6 Å². The van der Waals surface area contributed by atoms with Gasteiger partial charge in [0.05, 0.1) is 5.52 Å². The number of hydrogen-bond donors (Lipinski definition) is 2. The van der Waals surface area contributed by atoms with E-state index >= 15 is 0 Å². The zero-order valence-corrected chi connectivity index (χ0v) is 15.9. The average Bonchev–Trinajstić information content (AvgIpc) is 2.95. The van der Waals surface area contributed by atoms with Crippen molar-refractivity contribution in [2.24, 2.45) is 5.73 Å². The van der Waals surface area contributed by atoms with Crippen LogP contribution >= 0.6 is 0 Å². The zero-order chi connectivity index (χ0) is 23.4. The number of rotatable bonds is 5. The molecule has 0 spiro atoms. The van der Waals surface area contributed by atoms with Gasteiger partial charge in [-0.15, -0.1) is 13.2 Å². The third kappa shape index (κ3) is 5.90. The molecule has 1 amide bonds. The van der Waals surface area contributed by atoms with Gasteiger partial charge in [0, 0.05) is 17.1 Å². The zero-order valence-electron chi connectivity index (χ0n) is 15.9. The molecule has 0 bridgehead atoms. The van der Waals surface area contributed by atoms with Crippen LogP contribution < -0.4 is 10.5 Å².